The van der Waals surface area contributed by atoms with Gasteiger partial charge in [0.2, 0.25) is 11.8 Å². The summed E-state index contributed by atoms with van der Waals surface area (Å²) >= 11 is 0. The van der Waals surface area contributed by atoms with E-state index in [2.05, 4.69) is 20.4 Å². The average Bonchev–Trinajstić information content (AvgIpc) is 2.87. The van der Waals surface area contributed by atoms with Crippen molar-refractivity contribution in [3.8, 4) is 23.0 Å². The third kappa shape index (κ3) is 6.40. The minimum Gasteiger partial charge on any atom is -0.508 e. The van der Waals surface area contributed by atoms with Crippen molar-refractivity contribution in [1.82, 2.24) is 10.6 Å². The average molecular weight is 485 g/mol. The number of fused-ring (bicyclic) bond motifs is 2. The number of nitrogens with zero attached hydrogens (tertiary/aromatic N) is 2. The Balaban J connectivity index is 1.14. The molecule has 0 spiro atoms. The van der Waals surface area contributed by atoms with Gasteiger partial charge < -0.3 is 39.8 Å². The Kier molecular flexibility index (Phi) is 8.02. The molecule has 0 fully saturated rings. The van der Waals surface area contributed by atoms with Crippen molar-refractivity contribution in [3.63, 3.8) is 0 Å². The molecule has 188 valence electrons. The van der Waals surface area contributed by atoms with Gasteiger partial charge in [0.05, 0.1) is 31.6 Å². The van der Waals surface area contributed by atoms with Crippen LogP contribution in [0.25, 0.3) is 0 Å². The van der Waals surface area contributed by atoms with Crippen molar-refractivity contribution in [2.45, 2.75) is 12.8 Å². The summed E-state index contributed by atoms with van der Waals surface area (Å²) in [6.07, 6.45) is 0.261. The minimum atomic E-state index is -0.168. The molecule has 0 saturated carbocycles. The van der Waals surface area contributed by atoms with E-state index in [0.717, 1.165) is 35.2 Å². The maximum Gasteiger partial charge on any atom is 0.220 e. The van der Waals surface area contributed by atoms with E-state index in [1.807, 2.05) is 18.2 Å². The van der Waals surface area contributed by atoms with E-state index in [1.165, 1.54) is 0 Å². The van der Waals surface area contributed by atoms with E-state index < -0.39 is 0 Å². The monoisotopic (exact) mass is 484 g/mol. The SMILES string of the molecule is COc1ccc2c(c1)N(CCNC(=O)CCC(=O)NCCN1CCOc3ccc(O)cc31)CCO2. The Bertz CT molecular complexity index is 1050. The van der Waals surface area contributed by atoms with Crippen molar-refractivity contribution in [1.29, 1.82) is 0 Å². The first-order valence-electron chi connectivity index (χ1n) is 11.8. The molecule has 0 atom stereocenters. The number of benzene rings is 2. The highest BCUT2D eigenvalue weighted by molar-refractivity contribution is 5.83. The van der Waals surface area contributed by atoms with Gasteiger partial charge in [-0.05, 0) is 24.3 Å². The highest BCUT2D eigenvalue weighted by atomic mass is 16.5. The lowest BCUT2D eigenvalue weighted by Gasteiger charge is -2.31. The number of phenolic OH excluding ortho intramolecular Hbond substituents is 1. The van der Waals surface area contributed by atoms with Crippen LogP contribution in [0.3, 0.4) is 0 Å². The molecule has 2 aliphatic heterocycles. The van der Waals surface area contributed by atoms with E-state index in [-0.39, 0.29) is 30.4 Å². The molecule has 2 heterocycles. The van der Waals surface area contributed by atoms with Crippen LogP contribution in [0.1, 0.15) is 12.8 Å². The highest BCUT2D eigenvalue weighted by Gasteiger charge is 2.20. The Labute approximate surface area is 204 Å². The van der Waals surface area contributed by atoms with Gasteiger partial charge in [0.25, 0.3) is 0 Å². The van der Waals surface area contributed by atoms with Crippen molar-refractivity contribution >= 4 is 23.2 Å². The highest BCUT2D eigenvalue weighted by Crippen LogP contribution is 2.35. The molecule has 3 N–H and O–H groups in total. The van der Waals surface area contributed by atoms with Gasteiger partial charge in [0.15, 0.2) is 0 Å². The fourth-order valence-corrected chi connectivity index (χ4v) is 4.17. The predicted octanol–water partition coefficient (Wildman–Crippen LogP) is 1.51. The van der Waals surface area contributed by atoms with Gasteiger partial charge >= 0.3 is 0 Å². The van der Waals surface area contributed by atoms with Gasteiger partial charge in [0, 0.05) is 51.2 Å². The van der Waals surface area contributed by atoms with Crippen LogP contribution in [0.15, 0.2) is 36.4 Å². The molecule has 0 aromatic heterocycles. The molecule has 2 aromatic carbocycles. The number of ether oxygens (including phenoxy) is 3. The number of anilines is 2. The molecule has 10 heteroatoms. The second kappa shape index (κ2) is 11.5. The van der Waals surface area contributed by atoms with Crippen molar-refractivity contribution < 1.29 is 28.9 Å². The number of carbonyl (C=O) groups is 2. The number of carbonyl (C=O) groups excluding carboxylic acids is 2. The zero-order valence-electron chi connectivity index (χ0n) is 19.9. The molecule has 10 nitrogen and oxygen atoms in total. The van der Waals surface area contributed by atoms with E-state index in [9.17, 15) is 14.7 Å². The van der Waals surface area contributed by atoms with Crippen LogP contribution in [0.5, 0.6) is 23.0 Å². The van der Waals surface area contributed by atoms with Gasteiger partial charge in [-0.3, -0.25) is 9.59 Å². The Morgan fingerprint density at radius 1 is 0.886 bits per heavy atom. The first-order valence-corrected chi connectivity index (χ1v) is 11.8. The summed E-state index contributed by atoms with van der Waals surface area (Å²) in [5, 5.41) is 15.5. The summed E-state index contributed by atoms with van der Waals surface area (Å²) in [6.45, 7) is 4.68. The topological polar surface area (TPSA) is 113 Å². The largest absolute Gasteiger partial charge is 0.508 e. The van der Waals surface area contributed by atoms with Gasteiger partial charge in [0.1, 0.15) is 36.2 Å². The summed E-state index contributed by atoms with van der Waals surface area (Å²) in [5.74, 6) is 2.13. The lowest BCUT2D eigenvalue weighted by Crippen LogP contribution is -2.40. The molecule has 4 rings (SSSR count). The molecule has 2 amide bonds. The summed E-state index contributed by atoms with van der Waals surface area (Å²) in [7, 11) is 1.62. The number of phenols is 1. The van der Waals surface area contributed by atoms with Crippen LogP contribution in [-0.2, 0) is 9.59 Å². The van der Waals surface area contributed by atoms with E-state index >= 15 is 0 Å². The van der Waals surface area contributed by atoms with Crippen LogP contribution in [0, 0.1) is 0 Å². The van der Waals surface area contributed by atoms with Crippen LogP contribution in [0.2, 0.25) is 0 Å². The number of hydrogen-bond donors (Lipinski definition) is 3. The zero-order chi connectivity index (χ0) is 24.6. The number of aromatic hydroxyl groups is 1. The molecule has 2 aromatic rings. The third-order valence-electron chi connectivity index (χ3n) is 6.01. The van der Waals surface area contributed by atoms with E-state index in [0.29, 0.717) is 45.9 Å². The van der Waals surface area contributed by atoms with Gasteiger partial charge in [-0.2, -0.15) is 0 Å². The third-order valence-corrected chi connectivity index (χ3v) is 6.01. The molecule has 2 aliphatic rings. The number of nitrogens with one attached hydrogen (secondary N) is 2. The smallest absolute Gasteiger partial charge is 0.220 e. The fraction of sp³-hybridized carbons (Fsp3) is 0.440. The van der Waals surface area contributed by atoms with Crippen LogP contribution >= 0.6 is 0 Å². The molecular formula is C25H32N4O6. The second-order valence-corrected chi connectivity index (χ2v) is 8.36. The van der Waals surface area contributed by atoms with Crippen molar-refractivity contribution in [2.24, 2.45) is 0 Å². The summed E-state index contributed by atoms with van der Waals surface area (Å²) in [6, 6.07) is 10.7. The van der Waals surface area contributed by atoms with E-state index in [1.54, 1.807) is 25.3 Å². The van der Waals surface area contributed by atoms with Gasteiger partial charge in [-0.1, -0.05) is 0 Å². The summed E-state index contributed by atoms with van der Waals surface area (Å²) in [5.41, 5.74) is 1.76. The lowest BCUT2D eigenvalue weighted by molar-refractivity contribution is -0.126. The summed E-state index contributed by atoms with van der Waals surface area (Å²) < 4.78 is 16.6. The van der Waals surface area contributed by atoms with Gasteiger partial charge in [-0.25, -0.2) is 0 Å². The van der Waals surface area contributed by atoms with Gasteiger partial charge in [-0.15, -0.1) is 0 Å². The number of amides is 2. The molecule has 0 bridgehead atoms. The number of hydrogen-bond acceptors (Lipinski definition) is 8. The minimum absolute atomic E-state index is 0.129. The first kappa shape index (κ1) is 24.3. The lowest BCUT2D eigenvalue weighted by atomic mass is 10.2. The Morgan fingerprint density at radius 3 is 2.00 bits per heavy atom. The number of methoxy groups -OCH3 is 1. The van der Waals surface area contributed by atoms with E-state index in [4.69, 9.17) is 14.2 Å². The zero-order valence-corrected chi connectivity index (χ0v) is 19.9. The Morgan fingerprint density at radius 2 is 1.43 bits per heavy atom. The van der Waals surface area contributed by atoms with Crippen LogP contribution in [0.4, 0.5) is 11.4 Å². The molecule has 0 aliphatic carbocycles. The summed E-state index contributed by atoms with van der Waals surface area (Å²) in [4.78, 5) is 28.6. The van der Waals surface area contributed by atoms with Crippen LogP contribution < -0.4 is 34.6 Å². The molecule has 0 unspecified atom stereocenters. The molecular weight excluding hydrogens is 452 g/mol. The van der Waals surface area contributed by atoms with Crippen molar-refractivity contribution in [2.75, 3.05) is 69.4 Å². The first-order chi connectivity index (χ1) is 17.0. The fourth-order valence-electron chi connectivity index (χ4n) is 4.17. The maximum absolute atomic E-state index is 12.2. The predicted molar refractivity (Wildman–Crippen MR) is 132 cm³/mol. The quantitative estimate of drug-likeness (QED) is 0.465. The normalized spacial score (nSPS) is 14.2. The standard InChI is InChI=1S/C25H32N4O6/c1-33-19-3-5-23-21(17-19)29(13-15-35-23)11-9-27-25(32)7-6-24(31)26-8-10-28-12-14-34-22-4-2-18(30)16-20(22)28/h2-5,16-17,30H,6-15H2,1H3,(H,26,31)(H,27,32). The van der Waals surface area contributed by atoms with Crippen molar-refractivity contribution in [3.05, 3.63) is 36.4 Å². The number of rotatable bonds is 10. The molecule has 0 radical (unpaired) electrons. The Hall–Kier alpha value is -3.82. The maximum atomic E-state index is 12.2. The molecule has 0 saturated heterocycles. The second-order valence-electron chi connectivity index (χ2n) is 8.36. The van der Waals surface area contributed by atoms with Crippen LogP contribution in [-0.4, -0.2) is 76.5 Å². The molecule has 35 heavy (non-hydrogen) atoms.